The van der Waals surface area contributed by atoms with E-state index >= 15 is 0 Å². The van der Waals surface area contributed by atoms with Gasteiger partial charge < -0.3 is 15.2 Å². The van der Waals surface area contributed by atoms with Gasteiger partial charge in [-0.1, -0.05) is 30.3 Å². The van der Waals surface area contributed by atoms with E-state index in [-0.39, 0.29) is 11.8 Å². The van der Waals surface area contributed by atoms with Crippen LogP contribution < -0.4 is 5.32 Å². The lowest BCUT2D eigenvalue weighted by Gasteiger charge is -2.34. The van der Waals surface area contributed by atoms with Crippen molar-refractivity contribution >= 4 is 16.9 Å². The lowest BCUT2D eigenvalue weighted by molar-refractivity contribution is 0.140. The number of nitrogens with one attached hydrogen (secondary N) is 2. The molecule has 1 aromatic heterocycles. The number of piperazine rings is 1. The van der Waals surface area contributed by atoms with E-state index in [1.165, 1.54) is 23.1 Å². The first kappa shape index (κ1) is 19.5. The number of urea groups is 1. The standard InChI is InChI=1S/C23H27FN4O/c24-20-7-5-18(6-8-20)10-12-27-13-15-28(16-14-27)23(29)25-11-9-19-17-26-22-4-2-1-3-21(19)22/h1-8,17,26H,9-16H2,(H,25,29). The molecule has 3 aromatic rings. The Balaban J connectivity index is 1.17. The summed E-state index contributed by atoms with van der Waals surface area (Å²) >= 11 is 0. The molecular formula is C23H27FN4O. The number of fused-ring (bicyclic) bond motifs is 1. The zero-order chi connectivity index (χ0) is 20.1. The third-order valence-electron chi connectivity index (χ3n) is 5.63. The molecule has 6 heteroatoms. The van der Waals surface area contributed by atoms with Crippen LogP contribution in [-0.4, -0.2) is 60.1 Å². The van der Waals surface area contributed by atoms with Crippen LogP contribution in [0.15, 0.2) is 54.7 Å². The van der Waals surface area contributed by atoms with Crippen LogP contribution in [0.3, 0.4) is 0 Å². The largest absolute Gasteiger partial charge is 0.361 e. The van der Waals surface area contributed by atoms with Crippen LogP contribution in [0.4, 0.5) is 9.18 Å². The van der Waals surface area contributed by atoms with Crippen molar-refractivity contribution in [3.8, 4) is 0 Å². The van der Waals surface area contributed by atoms with Gasteiger partial charge in [-0.3, -0.25) is 4.90 Å². The predicted octanol–water partition coefficient (Wildman–Crippen LogP) is 3.42. The van der Waals surface area contributed by atoms with Gasteiger partial charge in [-0.15, -0.1) is 0 Å². The number of rotatable bonds is 6. The number of nitrogens with zero attached hydrogens (tertiary/aromatic N) is 2. The fourth-order valence-corrected chi connectivity index (χ4v) is 3.87. The number of H-pyrrole nitrogens is 1. The Labute approximate surface area is 170 Å². The monoisotopic (exact) mass is 394 g/mol. The summed E-state index contributed by atoms with van der Waals surface area (Å²) in [5, 5.41) is 4.27. The zero-order valence-electron chi connectivity index (χ0n) is 16.5. The van der Waals surface area contributed by atoms with Crippen molar-refractivity contribution in [3.05, 3.63) is 71.7 Å². The highest BCUT2D eigenvalue weighted by Crippen LogP contribution is 2.17. The van der Waals surface area contributed by atoms with Gasteiger partial charge in [-0.05, 0) is 42.2 Å². The molecule has 29 heavy (non-hydrogen) atoms. The molecule has 1 fully saturated rings. The second kappa shape index (κ2) is 9.09. The minimum Gasteiger partial charge on any atom is -0.361 e. The number of carbonyl (C=O) groups is 1. The maximum absolute atomic E-state index is 13.0. The van der Waals surface area contributed by atoms with Crippen LogP contribution in [0, 0.1) is 5.82 Å². The molecule has 1 aliphatic heterocycles. The maximum Gasteiger partial charge on any atom is 0.317 e. The van der Waals surface area contributed by atoms with Gasteiger partial charge in [-0.25, -0.2) is 9.18 Å². The summed E-state index contributed by atoms with van der Waals surface area (Å²) in [6.07, 6.45) is 3.74. The minimum atomic E-state index is -0.196. The van der Waals surface area contributed by atoms with Gasteiger partial charge in [0.2, 0.25) is 0 Å². The Morgan fingerprint density at radius 1 is 1.00 bits per heavy atom. The quantitative estimate of drug-likeness (QED) is 0.673. The van der Waals surface area contributed by atoms with Gasteiger partial charge in [0.15, 0.2) is 0 Å². The molecular weight excluding hydrogens is 367 g/mol. The normalized spacial score (nSPS) is 15.0. The molecule has 4 rings (SSSR count). The summed E-state index contributed by atoms with van der Waals surface area (Å²) in [5.41, 5.74) is 3.50. The molecule has 2 amide bonds. The van der Waals surface area contributed by atoms with Crippen molar-refractivity contribution in [3.63, 3.8) is 0 Å². The van der Waals surface area contributed by atoms with E-state index in [1.54, 1.807) is 0 Å². The summed E-state index contributed by atoms with van der Waals surface area (Å²) in [5.74, 6) is -0.196. The van der Waals surface area contributed by atoms with E-state index in [4.69, 9.17) is 0 Å². The molecule has 2 aromatic carbocycles. The first-order chi connectivity index (χ1) is 14.2. The Hall–Kier alpha value is -2.86. The average Bonchev–Trinajstić information content (AvgIpc) is 3.17. The third kappa shape index (κ3) is 4.95. The number of hydrogen-bond acceptors (Lipinski definition) is 2. The molecule has 1 saturated heterocycles. The summed E-state index contributed by atoms with van der Waals surface area (Å²) in [6, 6.07) is 14.9. The lowest BCUT2D eigenvalue weighted by Crippen LogP contribution is -2.52. The van der Waals surface area contributed by atoms with E-state index in [2.05, 4.69) is 27.3 Å². The van der Waals surface area contributed by atoms with Crippen LogP contribution in [0.2, 0.25) is 0 Å². The summed E-state index contributed by atoms with van der Waals surface area (Å²) in [4.78, 5) is 20.0. The van der Waals surface area contributed by atoms with Crippen molar-refractivity contribution in [2.24, 2.45) is 0 Å². The molecule has 0 atom stereocenters. The smallest absolute Gasteiger partial charge is 0.317 e. The highest BCUT2D eigenvalue weighted by atomic mass is 19.1. The number of benzene rings is 2. The molecule has 0 radical (unpaired) electrons. The van der Waals surface area contributed by atoms with Crippen LogP contribution >= 0.6 is 0 Å². The van der Waals surface area contributed by atoms with Gasteiger partial charge in [0, 0.05) is 56.4 Å². The Morgan fingerprint density at radius 2 is 1.76 bits per heavy atom. The predicted molar refractivity (Wildman–Crippen MR) is 114 cm³/mol. The summed E-state index contributed by atoms with van der Waals surface area (Å²) in [6.45, 7) is 4.78. The zero-order valence-corrected chi connectivity index (χ0v) is 16.5. The SMILES string of the molecule is O=C(NCCc1c[nH]c2ccccc12)N1CCN(CCc2ccc(F)cc2)CC1. The molecule has 5 nitrogen and oxygen atoms in total. The maximum atomic E-state index is 13.0. The summed E-state index contributed by atoms with van der Waals surface area (Å²) < 4.78 is 13.0. The number of amides is 2. The van der Waals surface area contributed by atoms with Crippen LogP contribution in [0.25, 0.3) is 10.9 Å². The Morgan fingerprint density at radius 3 is 2.55 bits per heavy atom. The highest BCUT2D eigenvalue weighted by Gasteiger charge is 2.20. The van der Waals surface area contributed by atoms with Gasteiger partial charge in [0.25, 0.3) is 0 Å². The number of carbonyl (C=O) groups excluding carboxylic acids is 1. The topological polar surface area (TPSA) is 51.4 Å². The van der Waals surface area contributed by atoms with Gasteiger partial charge in [0.05, 0.1) is 0 Å². The van der Waals surface area contributed by atoms with Crippen molar-refractivity contribution in [1.29, 1.82) is 0 Å². The number of aromatic amines is 1. The fourth-order valence-electron chi connectivity index (χ4n) is 3.87. The lowest BCUT2D eigenvalue weighted by atomic mass is 10.1. The number of halogens is 1. The van der Waals surface area contributed by atoms with Gasteiger partial charge in [0.1, 0.15) is 5.82 Å². The van der Waals surface area contributed by atoms with Crippen molar-refractivity contribution in [1.82, 2.24) is 20.1 Å². The fraction of sp³-hybridized carbons (Fsp3) is 0.348. The molecule has 2 N–H and O–H groups in total. The van der Waals surface area contributed by atoms with Crippen LogP contribution in [0.5, 0.6) is 0 Å². The number of para-hydroxylation sites is 1. The number of hydrogen-bond donors (Lipinski definition) is 2. The highest BCUT2D eigenvalue weighted by molar-refractivity contribution is 5.83. The second-order valence-electron chi connectivity index (χ2n) is 7.55. The molecule has 0 spiro atoms. The van der Waals surface area contributed by atoms with E-state index in [9.17, 15) is 9.18 Å². The first-order valence-corrected chi connectivity index (χ1v) is 10.2. The van der Waals surface area contributed by atoms with Gasteiger partial charge in [-0.2, -0.15) is 0 Å². The van der Waals surface area contributed by atoms with Gasteiger partial charge >= 0.3 is 6.03 Å². The molecule has 152 valence electrons. The molecule has 0 unspecified atom stereocenters. The van der Waals surface area contributed by atoms with E-state index in [1.807, 2.05) is 35.4 Å². The molecule has 0 saturated carbocycles. The Bertz CT molecular complexity index is 945. The van der Waals surface area contributed by atoms with E-state index < -0.39 is 0 Å². The first-order valence-electron chi connectivity index (χ1n) is 10.2. The number of aromatic nitrogens is 1. The van der Waals surface area contributed by atoms with Crippen molar-refractivity contribution in [2.75, 3.05) is 39.3 Å². The van der Waals surface area contributed by atoms with Crippen LogP contribution in [0.1, 0.15) is 11.1 Å². The Kier molecular flexibility index (Phi) is 6.10. The molecule has 0 bridgehead atoms. The molecule has 1 aliphatic rings. The van der Waals surface area contributed by atoms with Crippen molar-refractivity contribution in [2.45, 2.75) is 12.8 Å². The minimum absolute atomic E-state index is 0.0167. The molecule has 2 heterocycles. The molecule has 0 aliphatic carbocycles. The van der Waals surface area contributed by atoms with Crippen LogP contribution in [-0.2, 0) is 12.8 Å². The summed E-state index contributed by atoms with van der Waals surface area (Å²) in [7, 11) is 0. The second-order valence-corrected chi connectivity index (χ2v) is 7.55. The van der Waals surface area contributed by atoms with Crippen molar-refractivity contribution < 1.29 is 9.18 Å². The van der Waals surface area contributed by atoms with E-state index in [0.717, 1.165) is 56.6 Å². The third-order valence-corrected chi connectivity index (χ3v) is 5.63. The average molecular weight is 394 g/mol. The van der Waals surface area contributed by atoms with E-state index in [0.29, 0.717) is 6.54 Å².